The number of rotatable bonds is 3. The van der Waals surface area contributed by atoms with E-state index in [1.807, 2.05) is 11.9 Å². The normalized spacial score (nSPS) is 20.3. The van der Waals surface area contributed by atoms with E-state index < -0.39 is 0 Å². The Morgan fingerprint density at radius 1 is 1.47 bits per heavy atom. The Labute approximate surface area is 114 Å². The number of carbonyl (C=O) groups excluding carboxylic acids is 1. The maximum absolute atomic E-state index is 14.1. The summed E-state index contributed by atoms with van der Waals surface area (Å²) in [4.78, 5) is 15.8. The van der Waals surface area contributed by atoms with Crippen molar-refractivity contribution in [1.82, 2.24) is 4.90 Å². The van der Waals surface area contributed by atoms with E-state index in [1.54, 1.807) is 12.1 Å². The molecule has 1 aliphatic rings. The Kier molecular flexibility index (Phi) is 4.20. The summed E-state index contributed by atoms with van der Waals surface area (Å²) in [6.45, 7) is 3.47. The van der Waals surface area contributed by atoms with Gasteiger partial charge in [0.1, 0.15) is 5.82 Å². The van der Waals surface area contributed by atoms with Crippen LogP contribution in [0.5, 0.6) is 0 Å². The van der Waals surface area contributed by atoms with E-state index in [-0.39, 0.29) is 17.6 Å². The van der Waals surface area contributed by atoms with Gasteiger partial charge in [0.2, 0.25) is 0 Å². The van der Waals surface area contributed by atoms with Crippen molar-refractivity contribution in [2.75, 3.05) is 32.1 Å². The van der Waals surface area contributed by atoms with E-state index >= 15 is 0 Å². The van der Waals surface area contributed by atoms with Crippen LogP contribution >= 0.6 is 0 Å². The van der Waals surface area contributed by atoms with Crippen molar-refractivity contribution in [3.8, 4) is 0 Å². The molecule has 1 unspecified atom stereocenters. The summed E-state index contributed by atoms with van der Waals surface area (Å²) in [5, 5.41) is 0. The van der Waals surface area contributed by atoms with Crippen molar-refractivity contribution in [3.63, 3.8) is 0 Å². The molecule has 0 saturated carbocycles. The molecule has 1 aromatic carbocycles. The number of para-hydroxylation sites is 1. The summed E-state index contributed by atoms with van der Waals surface area (Å²) in [6.07, 6.45) is 2.14. The molecular formula is C15H21FN2O. The largest absolute Gasteiger partial charge is 0.367 e. The van der Waals surface area contributed by atoms with Gasteiger partial charge < -0.3 is 9.80 Å². The zero-order chi connectivity index (χ0) is 14.0. The van der Waals surface area contributed by atoms with Crippen LogP contribution in [0.15, 0.2) is 18.2 Å². The first kappa shape index (κ1) is 14.0. The van der Waals surface area contributed by atoms with Gasteiger partial charge in [-0.15, -0.1) is 0 Å². The number of hydrogen-bond donors (Lipinski definition) is 0. The molecule has 1 fully saturated rings. The quantitative estimate of drug-likeness (QED) is 0.784. The van der Waals surface area contributed by atoms with Gasteiger partial charge in [0.25, 0.3) is 0 Å². The second-order valence-corrected chi connectivity index (χ2v) is 5.36. The van der Waals surface area contributed by atoms with Gasteiger partial charge in [-0.05, 0) is 45.5 Å². The maximum atomic E-state index is 14.1. The molecule has 19 heavy (non-hydrogen) atoms. The molecule has 0 bridgehead atoms. The maximum Gasteiger partial charge on any atom is 0.161 e. The number of nitrogens with zero attached hydrogens (tertiary/aromatic N) is 2. The zero-order valence-corrected chi connectivity index (χ0v) is 11.8. The molecular weight excluding hydrogens is 243 g/mol. The van der Waals surface area contributed by atoms with Gasteiger partial charge in [-0.1, -0.05) is 6.07 Å². The molecule has 104 valence electrons. The van der Waals surface area contributed by atoms with Crippen LogP contribution in [0, 0.1) is 5.82 Å². The number of likely N-dealkylation sites (tertiary alicyclic amines) is 1. The van der Waals surface area contributed by atoms with E-state index in [0.29, 0.717) is 11.3 Å². The lowest BCUT2D eigenvalue weighted by atomic mass is 10.0. The smallest absolute Gasteiger partial charge is 0.161 e. The van der Waals surface area contributed by atoms with Gasteiger partial charge in [-0.25, -0.2) is 4.39 Å². The Morgan fingerprint density at radius 3 is 2.84 bits per heavy atom. The predicted octanol–water partition coefficient (Wildman–Crippen LogP) is 2.56. The lowest BCUT2D eigenvalue weighted by molar-refractivity contribution is 0.101. The average Bonchev–Trinajstić information content (AvgIpc) is 2.37. The van der Waals surface area contributed by atoms with Gasteiger partial charge in [0, 0.05) is 25.2 Å². The number of halogens is 1. The molecule has 1 aromatic rings. The number of ketones is 1. The first-order chi connectivity index (χ1) is 9.00. The summed E-state index contributed by atoms with van der Waals surface area (Å²) in [5.41, 5.74) is 0.908. The van der Waals surface area contributed by atoms with E-state index in [1.165, 1.54) is 13.0 Å². The van der Waals surface area contributed by atoms with E-state index in [9.17, 15) is 9.18 Å². The molecule has 1 saturated heterocycles. The fourth-order valence-corrected chi connectivity index (χ4v) is 2.80. The SMILES string of the molecule is CC(=O)c1cccc(F)c1N(C)C1CCCN(C)C1. The first-order valence-corrected chi connectivity index (χ1v) is 6.71. The number of likely N-dealkylation sites (N-methyl/N-ethyl adjacent to an activating group) is 2. The molecule has 0 aromatic heterocycles. The minimum atomic E-state index is -0.316. The number of hydrogen-bond acceptors (Lipinski definition) is 3. The minimum absolute atomic E-state index is 0.0921. The molecule has 0 aliphatic carbocycles. The second-order valence-electron chi connectivity index (χ2n) is 5.36. The van der Waals surface area contributed by atoms with Crippen LogP contribution in [0.3, 0.4) is 0 Å². The summed E-state index contributed by atoms with van der Waals surface area (Å²) in [5.74, 6) is -0.408. The highest BCUT2D eigenvalue weighted by atomic mass is 19.1. The summed E-state index contributed by atoms with van der Waals surface area (Å²) in [6, 6.07) is 4.97. The average molecular weight is 264 g/mol. The number of anilines is 1. The lowest BCUT2D eigenvalue weighted by Gasteiger charge is -2.37. The molecule has 0 amide bonds. The van der Waals surface area contributed by atoms with Gasteiger partial charge in [0.05, 0.1) is 5.69 Å². The second kappa shape index (κ2) is 5.70. The van der Waals surface area contributed by atoms with Crippen molar-refractivity contribution in [3.05, 3.63) is 29.6 Å². The zero-order valence-electron chi connectivity index (χ0n) is 11.8. The minimum Gasteiger partial charge on any atom is -0.367 e. The molecule has 1 aliphatic heterocycles. The Hall–Kier alpha value is -1.42. The number of piperidine rings is 1. The van der Waals surface area contributed by atoms with Crippen molar-refractivity contribution in [2.45, 2.75) is 25.8 Å². The van der Waals surface area contributed by atoms with Crippen LogP contribution in [0.1, 0.15) is 30.1 Å². The summed E-state index contributed by atoms with van der Waals surface area (Å²) < 4.78 is 14.1. The fraction of sp³-hybridized carbons (Fsp3) is 0.533. The van der Waals surface area contributed by atoms with Crippen LogP contribution in [0.2, 0.25) is 0 Å². The van der Waals surface area contributed by atoms with E-state index in [2.05, 4.69) is 11.9 Å². The van der Waals surface area contributed by atoms with Gasteiger partial charge >= 0.3 is 0 Å². The highest BCUT2D eigenvalue weighted by Crippen LogP contribution is 2.28. The van der Waals surface area contributed by atoms with Gasteiger partial charge in [-0.3, -0.25) is 4.79 Å². The van der Waals surface area contributed by atoms with Crippen LogP contribution in [-0.2, 0) is 0 Å². The molecule has 0 spiro atoms. The fourth-order valence-electron chi connectivity index (χ4n) is 2.80. The topological polar surface area (TPSA) is 23.6 Å². The van der Waals surface area contributed by atoms with Crippen molar-refractivity contribution >= 4 is 11.5 Å². The molecule has 0 radical (unpaired) electrons. The van der Waals surface area contributed by atoms with E-state index in [4.69, 9.17) is 0 Å². The third-order valence-corrected chi connectivity index (χ3v) is 3.87. The molecule has 4 heteroatoms. The van der Waals surface area contributed by atoms with Crippen molar-refractivity contribution in [1.29, 1.82) is 0 Å². The summed E-state index contributed by atoms with van der Waals surface area (Å²) >= 11 is 0. The molecule has 2 rings (SSSR count). The highest BCUT2D eigenvalue weighted by molar-refractivity contribution is 5.99. The molecule has 0 N–H and O–H groups in total. The van der Waals surface area contributed by atoms with Crippen molar-refractivity contribution < 1.29 is 9.18 Å². The monoisotopic (exact) mass is 264 g/mol. The Morgan fingerprint density at radius 2 is 2.21 bits per heavy atom. The van der Waals surface area contributed by atoms with Gasteiger partial charge in [0.15, 0.2) is 5.78 Å². The first-order valence-electron chi connectivity index (χ1n) is 6.71. The Bertz CT molecular complexity index is 475. The highest BCUT2D eigenvalue weighted by Gasteiger charge is 2.25. The third-order valence-electron chi connectivity index (χ3n) is 3.87. The lowest BCUT2D eigenvalue weighted by Crippen LogP contribution is -2.45. The van der Waals surface area contributed by atoms with Crippen LogP contribution in [-0.4, -0.2) is 43.9 Å². The van der Waals surface area contributed by atoms with Crippen LogP contribution < -0.4 is 4.90 Å². The Balaban J connectivity index is 2.32. The number of carbonyl (C=O) groups is 1. The van der Waals surface area contributed by atoms with Crippen LogP contribution in [0.4, 0.5) is 10.1 Å². The predicted molar refractivity (Wildman–Crippen MR) is 75.3 cm³/mol. The van der Waals surface area contributed by atoms with E-state index in [0.717, 1.165) is 25.9 Å². The number of benzene rings is 1. The van der Waals surface area contributed by atoms with Crippen molar-refractivity contribution in [2.24, 2.45) is 0 Å². The molecule has 3 nitrogen and oxygen atoms in total. The summed E-state index contributed by atoms with van der Waals surface area (Å²) in [7, 11) is 3.96. The third kappa shape index (κ3) is 2.95. The van der Waals surface area contributed by atoms with Gasteiger partial charge in [-0.2, -0.15) is 0 Å². The molecule has 1 atom stereocenters. The molecule has 1 heterocycles. The van der Waals surface area contributed by atoms with Crippen LogP contribution in [0.25, 0.3) is 0 Å². The standard InChI is InChI=1S/C15H21FN2O/c1-11(19)13-7-4-8-14(16)15(13)18(3)12-6-5-9-17(2)10-12/h4,7-8,12H,5-6,9-10H2,1-3H3. The number of Topliss-reactive ketones (excluding diaryl/α,β-unsaturated/α-hetero) is 1.